The second kappa shape index (κ2) is 3.07. The van der Waals surface area contributed by atoms with Crippen LogP contribution < -0.4 is 0 Å². The zero-order valence-electron chi connectivity index (χ0n) is 6.40. The average molecular weight is 234 g/mol. The molecular weight excluding hydrogens is 233 g/mol. The van der Waals surface area contributed by atoms with Crippen molar-refractivity contribution >= 4 is 39.9 Å². The van der Waals surface area contributed by atoms with E-state index in [2.05, 4.69) is 14.9 Å². The lowest BCUT2D eigenvalue weighted by molar-refractivity contribution is -0.383. The minimum Gasteiger partial charge on any atom is -0.258 e. The van der Waals surface area contributed by atoms with Gasteiger partial charge in [0, 0.05) is 0 Å². The summed E-state index contributed by atoms with van der Waals surface area (Å²) in [7, 11) is 0. The SMILES string of the molecule is O=[N+]([O-])c1c(Cl)c(Cl)cc2nonc12. The number of nitro groups is 1. The van der Waals surface area contributed by atoms with E-state index in [1.807, 2.05) is 0 Å². The Balaban J connectivity index is 2.93. The zero-order valence-corrected chi connectivity index (χ0v) is 7.91. The van der Waals surface area contributed by atoms with Crippen LogP contribution in [0.25, 0.3) is 11.0 Å². The predicted octanol–water partition coefficient (Wildman–Crippen LogP) is 2.44. The fourth-order valence-corrected chi connectivity index (χ4v) is 1.43. The fourth-order valence-electron chi connectivity index (χ4n) is 1.02. The van der Waals surface area contributed by atoms with E-state index >= 15 is 0 Å². The summed E-state index contributed by atoms with van der Waals surface area (Å²) >= 11 is 11.3. The summed E-state index contributed by atoms with van der Waals surface area (Å²) in [5, 5.41) is 17.3. The molecule has 0 radical (unpaired) electrons. The Kier molecular flexibility index (Phi) is 2.01. The van der Waals surface area contributed by atoms with Gasteiger partial charge in [-0.2, -0.15) is 0 Å². The van der Waals surface area contributed by atoms with Crippen LogP contribution in [0, 0.1) is 10.1 Å². The van der Waals surface area contributed by atoms with Crippen LogP contribution in [-0.2, 0) is 0 Å². The number of benzene rings is 1. The summed E-state index contributed by atoms with van der Waals surface area (Å²) < 4.78 is 4.34. The molecule has 0 fully saturated rings. The van der Waals surface area contributed by atoms with E-state index in [0.29, 0.717) is 0 Å². The Labute approximate surface area is 86.5 Å². The average Bonchev–Trinajstić information content (AvgIpc) is 2.52. The Morgan fingerprint density at radius 1 is 1.43 bits per heavy atom. The van der Waals surface area contributed by atoms with Crippen molar-refractivity contribution < 1.29 is 9.55 Å². The number of rotatable bonds is 1. The summed E-state index contributed by atoms with van der Waals surface area (Å²) in [6.07, 6.45) is 0. The maximum Gasteiger partial charge on any atom is 0.320 e. The van der Waals surface area contributed by atoms with Gasteiger partial charge >= 0.3 is 5.69 Å². The smallest absolute Gasteiger partial charge is 0.258 e. The van der Waals surface area contributed by atoms with Crippen LogP contribution in [0.5, 0.6) is 0 Å². The molecule has 72 valence electrons. The summed E-state index contributed by atoms with van der Waals surface area (Å²) in [4.78, 5) is 9.96. The molecule has 6 nitrogen and oxygen atoms in total. The Bertz CT molecular complexity index is 524. The largest absolute Gasteiger partial charge is 0.320 e. The first kappa shape index (κ1) is 9.17. The molecule has 0 unspecified atom stereocenters. The van der Waals surface area contributed by atoms with Crippen molar-refractivity contribution in [1.82, 2.24) is 10.3 Å². The highest BCUT2D eigenvalue weighted by Gasteiger charge is 2.24. The van der Waals surface area contributed by atoms with Crippen molar-refractivity contribution in [2.45, 2.75) is 0 Å². The standard InChI is InChI=1S/C6HCl2N3O3/c7-2-1-3-5(10-14-9-3)6(4(2)8)11(12)13/h1H. The predicted molar refractivity (Wildman–Crippen MR) is 48.5 cm³/mol. The monoisotopic (exact) mass is 233 g/mol. The van der Waals surface area contributed by atoms with E-state index in [1.165, 1.54) is 6.07 Å². The molecule has 2 aromatic rings. The first-order valence-corrected chi connectivity index (χ1v) is 4.11. The molecule has 0 bridgehead atoms. The molecule has 0 atom stereocenters. The maximum absolute atomic E-state index is 10.6. The van der Waals surface area contributed by atoms with Crippen molar-refractivity contribution in [3.05, 3.63) is 26.2 Å². The second-order valence-electron chi connectivity index (χ2n) is 2.41. The molecule has 0 aliphatic heterocycles. The van der Waals surface area contributed by atoms with Gasteiger partial charge in [-0.15, -0.1) is 0 Å². The number of hydrogen-bond acceptors (Lipinski definition) is 5. The van der Waals surface area contributed by atoms with E-state index < -0.39 is 10.6 Å². The van der Waals surface area contributed by atoms with Crippen molar-refractivity contribution in [3.63, 3.8) is 0 Å². The van der Waals surface area contributed by atoms with Crippen LogP contribution in [0.1, 0.15) is 0 Å². The van der Waals surface area contributed by atoms with Gasteiger partial charge in [-0.3, -0.25) is 10.1 Å². The van der Waals surface area contributed by atoms with Gasteiger partial charge in [0.1, 0.15) is 10.5 Å². The van der Waals surface area contributed by atoms with Gasteiger partial charge in [0.05, 0.1) is 9.95 Å². The van der Waals surface area contributed by atoms with E-state index in [0.717, 1.165) is 0 Å². The molecule has 8 heteroatoms. The van der Waals surface area contributed by atoms with Crippen LogP contribution in [0.2, 0.25) is 10.0 Å². The first-order valence-electron chi connectivity index (χ1n) is 3.36. The maximum atomic E-state index is 10.6. The lowest BCUT2D eigenvalue weighted by atomic mass is 10.2. The lowest BCUT2D eigenvalue weighted by Gasteiger charge is -1.96. The van der Waals surface area contributed by atoms with E-state index in [1.54, 1.807) is 0 Å². The Hall–Kier alpha value is -1.40. The molecule has 2 rings (SSSR count). The van der Waals surface area contributed by atoms with E-state index in [9.17, 15) is 10.1 Å². The van der Waals surface area contributed by atoms with E-state index in [4.69, 9.17) is 23.2 Å². The van der Waals surface area contributed by atoms with Gasteiger partial charge < -0.3 is 0 Å². The van der Waals surface area contributed by atoms with Crippen molar-refractivity contribution in [2.24, 2.45) is 0 Å². The second-order valence-corrected chi connectivity index (χ2v) is 3.20. The van der Waals surface area contributed by atoms with Gasteiger partial charge in [-0.25, -0.2) is 4.63 Å². The third-order valence-corrected chi connectivity index (χ3v) is 2.38. The van der Waals surface area contributed by atoms with Crippen LogP contribution >= 0.6 is 23.2 Å². The number of nitro benzene ring substituents is 1. The van der Waals surface area contributed by atoms with Crippen LogP contribution in [0.3, 0.4) is 0 Å². The number of halogens is 2. The van der Waals surface area contributed by atoms with Crippen molar-refractivity contribution in [1.29, 1.82) is 0 Å². The highest BCUT2D eigenvalue weighted by molar-refractivity contribution is 6.44. The molecular formula is C6HCl2N3O3. The number of hydrogen-bond donors (Lipinski definition) is 0. The van der Waals surface area contributed by atoms with Crippen LogP contribution in [0.15, 0.2) is 10.7 Å². The number of nitrogens with zero attached hydrogens (tertiary/aromatic N) is 3. The highest BCUT2D eigenvalue weighted by atomic mass is 35.5. The van der Waals surface area contributed by atoms with Crippen molar-refractivity contribution in [3.8, 4) is 0 Å². The molecule has 1 aromatic heterocycles. The van der Waals surface area contributed by atoms with Gasteiger partial charge in [-0.1, -0.05) is 23.2 Å². The van der Waals surface area contributed by atoms with Gasteiger partial charge in [-0.05, 0) is 16.4 Å². The van der Waals surface area contributed by atoms with Gasteiger partial charge in [0.2, 0.25) is 5.52 Å². The van der Waals surface area contributed by atoms with E-state index in [-0.39, 0.29) is 21.1 Å². The first-order chi connectivity index (χ1) is 6.61. The zero-order chi connectivity index (χ0) is 10.3. The number of fused-ring (bicyclic) bond motifs is 1. The van der Waals surface area contributed by atoms with Gasteiger partial charge in [0.25, 0.3) is 0 Å². The van der Waals surface area contributed by atoms with Crippen molar-refractivity contribution in [2.75, 3.05) is 0 Å². The summed E-state index contributed by atoms with van der Waals surface area (Å²) in [5.41, 5.74) is -0.203. The molecule has 14 heavy (non-hydrogen) atoms. The molecule has 0 aliphatic carbocycles. The minimum atomic E-state index is -0.680. The molecule has 1 aromatic carbocycles. The summed E-state index contributed by atoms with van der Waals surface area (Å²) in [6.45, 7) is 0. The Morgan fingerprint density at radius 2 is 2.14 bits per heavy atom. The molecule has 0 spiro atoms. The molecule has 0 saturated heterocycles. The Morgan fingerprint density at radius 3 is 2.79 bits per heavy atom. The van der Waals surface area contributed by atoms with Gasteiger partial charge in [0.15, 0.2) is 0 Å². The molecule has 0 aliphatic rings. The molecule has 0 N–H and O–H groups in total. The summed E-state index contributed by atoms with van der Waals surface area (Å²) in [6, 6.07) is 1.35. The third-order valence-electron chi connectivity index (χ3n) is 1.60. The number of aromatic nitrogens is 2. The van der Waals surface area contributed by atoms with Crippen LogP contribution in [-0.4, -0.2) is 15.2 Å². The molecule has 0 saturated carbocycles. The topological polar surface area (TPSA) is 82.1 Å². The normalized spacial score (nSPS) is 10.7. The highest BCUT2D eigenvalue weighted by Crippen LogP contribution is 2.36. The fraction of sp³-hybridized carbons (Fsp3) is 0. The molecule has 1 heterocycles. The minimum absolute atomic E-state index is 0.00981. The third kappa shape index (κ3) is 1.19. The summed E-state index contributed by atoms with van der Waals surface area (Å²) in [5.74, 6) is 0. The molecule has 0 amide bonds. The lowest BCUT2D eigenvalue weighted by Crippen LogP contribution is -1.91. The quantitative estimate of drug-likeness (QED) is 0.558. The van der Waals surface area contributed by atoms with Crippen LogP contribution in [0.4, 0.5) is 5.69 Å².